The molecule has 35 heavy (non-hydrogen) atoms. The Balaban J connectivity index is 1.36. The summed E-state index contributed by atoms with van der Waals surface area (Å²) in [4.78, 5) is 23.2. The van der Waals surface area contributed by atoms with Gasteiger partial charge >= 0.3 is 6.09 Å². The van der Waals surface area contributed by atoms with Crippen LogP contribution in [0.4, 0.5) is 10.6 Å². The summed E-state index contributed by atoms with van der Waals surface area (Å²) in [5.74, 6) is 0.823. The Kier molecular flexibility index (Phi) is 5.65. The molecule has 1 spiro atoms. The second-order valence-corrected chi connectivity index (χ2v) is 10.4. The maximum absolute atomic E-state index is 12.6. The molecular weight excluding hydrogens is 444 g/mol. The van der Waals surface area contributed by atoms with E-state index in [9.17, 15) is 4.79 Å². The number of nitrogens with zero attached hydrogens (tertiary/aromatic N) is 5. The number of carbonyl (C=O) groups excluding carboxylic acids is 1. The molecule has 5 rings (SSSR count). The third kappa shape index (κ3) is 4.54. The first kappa shape index (κ1) is 23.1. The number of rotatable bonds is 4. The zero-order valence-electron chi connectivity index (χ0n) is 20.7. The van der Waals surface area contributed by atoms with Crippen LogP contribution in [0.5, 0.6) is 5.75 Å². The van der Waals surface area contributed by atoms with Gasteiger partial charge in [0.25, 0.3) is 0 Å². The predicted octanol–water partition coefficient (Wildman–Crippen LogP) is 4.34. The van der Waals surface area contributed by atoms with E-state index in [1.54, 1.807) is 12.4 Å². The van der Waals surface area contributed by atoms with Crippen LogP contribution in [0.2, 0.25) is 0 Å². The first-order valence-electron chi connectivity index (χ1n) is 12.0. The zero-order valence-corrected chi connectivity index (χ0v) is 20.7. The molecule has 1 amide bonds. The lowest BCUT2D eigenvalue weighted by Crippen LogP contribution is -2.37. The monoisotopic (exact) mass is 476 g/mol. The number of anilines is 1. The van der Waals surface area contributed by atoms with Crippen molar-refractivity contribution >= 4 is 11.9 Å². The van der Waals surface area contributed by atoms with Crippen LogP contribution in [-0.2, 0) is 16.7 Å². The number of aromatic nitrogens is 4. The van der Waals surface area contributed by atoms with Crippen LogP contribution in [0, 0.1) is 0 Å². The molecule has 0 aromatic carbocycles. The number of nitrogens with two attached hydrogens (primary N) is 1. The molecule has 3 aromatic rings. The van der Waals surface area contributed by atoms with Crippen molar-refractivity contribution in [3.8, 4) is 17.0 Å². The highest BCUT2D eigenvalue weighted by Crippen LogP contribution is 2.44. The molecule has 184 valence electrons. The molecule has 0 saturated carbocycles. The van der Waals surface area contributed by atoms with Crippen LogP contribution in [0.3, 0.4) is 0 Å². The smallest absolute Gasteiger partial charge is 0.410 e. The Morgan fingerprint density at radius 1 is 1.17 bits per heavy atom. The minimum absolute atomic E-state index is 0.101. The lowest BCUT2D eigenvalue weighted by atomic mass is 9.82. The number of ether oxygens (including phenoxy) is 2. The minimum Gasteiger partial charge on any atom is -0.481 e. The third-order valence-electron chi connectivity index (χ3n) is 6.72. The van der Waals surface area contributed by atoms with Crippen LogP contribution >= 0.6 is 0 Å². The second kappa shape index (κ2) is 8.55. The van der Waals surface area contributed by atoms with Crippen LogP contribution in [0.1, 0.15) is 58.0 Å². The van der Waals surface area contributed by atoms with Gasteiger partial charge in [0.2, 0.25) is 0 Å². The summed E-state index contributed by atoms with van der Waals surface area (Å²) >= 11 is 0. The maximum Gasteiger partial charge on any atom is 0.410 e. The molecule has 1 fully saturated rings. The standard InChI is InChI=1S/C26H32N6O3/c1-17(19-7-5-6-10-28-19)34-21-13-18(15-29-23(21)27)20-14-22-26(9-12-32(22)30-20)8-11-31(16-26)24(33)35-25(2,3)4/h5-7,10,13-15,17H,8-9,11-12,16H2,1-4H3,(H2,27,29)/t17-,26-/m1/s1. The fourth-order valence-corrected chi connectivity index (χ4v) is 4.93. The van der Waals surface area contributed by atoms with Crippen molar-refractivity contribution in [1.82, 2.24) is 24.6 Å². The average molecular weight is 477 g/mol. The van der Waals surface area contributed by atoms with Gasteiger partial charge in [-0.3, -0.25) is 9.67 Å². The fourth-order valence-electron chi connectivity index (χ4n) is 4.93. The predicted molar refractivity (Wildman–Crippen MR) is 132 cm³/mol. The molecule has 0 radical (unpaired) electrons. The highest BCUT2D eigenvalue weighted by Gasteiger charge is 2.47. The number of likely N-dealkylation sites (tertiary alicyclic amines) is 1. The summed E-state index contributed by atoms with van der Waals surface area (Å²) in [6.07, 6.45) is 4.79. The molecule has 0 aliphatic carbocycles. The lowest BCUT2D eigenvalue weighted by Gasteiger charge is -2.26. The van der Waals surface area contributed by atoms with Gasteiger partial charge in [-0.25, -0.2) is 9.78 Å². The SMILES string of the molecule is C[C@@H](Oc1cc(-c2cc3n(n2)CC[C@@]32CCN(C(=O)OC(C)(C)C)C2)cnc1N)c1ccccn1. The van der Waals surface area contributed by atoms with E-state index in [1.165, 1.54) is 0 Å². The second-order valence-electron chi connectivity index (χ2n) is 10.4. The minimum atomic E-state index is -0.506. The van der Waals surface area contributed by atoms with E-state index in [2.05, 4.69) is 20.7 Å². The lowest BCUT2D eigenvalue weighted by molar-refractivity contribution is 0.0284. The van der Waals surface area contributed by atoms with Gasteiger partial charge in [-0.2, -0.15) is 5.10 Å². The van der Waals surface area contributed by atoms with Crippen LogP contribution in [0.25, 0.3) is 11.3 Å². The molecule has 9 nitrogen and oxygen atoms in total. The molecule has 2 N–H and O–H groups in total. The van der Waals surface area contributed by atoms with Gasteiger partial charge in [0.05, 0.1) is 11.4 Å². The quantitative estimate of drug-likeness (QED) is 0.596. The highest BCUT2D eigenvalue weighted by molar-refractivity contribution is 5.69. The molecule has 0 unspecified atom stereocenters. The van der Waals surface area contributed by atoms with Crippen molar-refractivity contribution in [2.45, 2.75) is 64.2 Å². The summed E-state index contributed by atoms with van der Waals surface area (Å²) in [6.45, 7) is 9.75. The first-order chi connectivity index (χ1) is 16.6. The molecule has 2 aliphatic rings. The molecule has 1 saturated heterocycles. The van der Waals surface area contributed by atoms with Crippen molar-refractivity contribution in [3.05, 3.63) is 54.1 Å². The number of carbonyl (C=O) groups is 1. The largest absolute Gasteiger partial charge is 0.481 e. The van der Waals surface area contributed by atoms with E-state index in [4.69, 9.17) is 20.3 Å². The van der Waals surface area contributed by atoms with Crippen molar-refractivity contribution in [3.63, 3.8) is 0 Å². The first-order valence-corrected chi connectivity index (χ1v) is 12.0. The van der Waals surface area contributed by atoms with Crippen LogP contribution in [-0.4, -0.2) is 49.4 Å². The van der Waals surface area contributed by atoms with Crippen molar-refractivity contribution in [2.24, 2.45) is 0 Å². The van der Waals surface area contributed by atoms with Gasteiger partial charge in [-0.1, -0.05) is 6.07 Å². The van der Waals surface area contributed by atoms with Gasteiger partial charge in [-0.05, 0) is 64.8 Å². The summed E-state index contributed by atoms with van der Waals surface area (Å²) in [7, 11) is 0. The molecule has 3 aromatic heterocycles. The summed E-state index contributed by atoms with van der Waals surface area (Å²) in [6, 6.07) is 9.71. The highest BCUT2D eigenvalue weighted by atomic mass is 16.6. The Bertz CT molecular complexity index is 1240. The maximum atomic E-state index is 12.6. The number of hydrogen-bond acceptors (Lipinski definition) is 7. The van der Waals surface area contributed by atoms with Gasteiger partial charge in [0.1, 0.15) is 11.7 Å². The normalized spacial score (nSPS) is 20.2. The molecule has 9 heteroatoms. The van der Waals surface area contributed by atoms with E-state index in [0.717, 1.165) is 42.0 Å². The topological polar surface area (TPSA) is 108 Å². The Morgan fingerprint density at radius 3 is 2.71 bits per heavy atom. The Morgan fingerprint density at radius 2 is 1.97 bits per heavy atom. The van der Waals surface area contributed by atoms with Crippen molar-refractivity contribution in [1.29, 1.82) is 0 Å². The van der Waals surface area contributed by atoms with Crippen LogP contribution < -0.4 is 10.5 Å². The number of hydrogen-bond donors (Lipinski definition) is 1. The third-order valence-corrected chi connectivity index (χ3v) is 6.72. The zero-order chi connectivity index (χ0) is 24.8. The van der Waals surface area contributed by atoms with Crippen molar-refractivity contribution in [2.75, 3.05) is 18.8 Å². The molecule has 2 atom stereocenters. The van der Waals surface area contributed by atoms with E-state index in [-0.39, 0.29) is 17.6 Å². The molecule has 0 bridgehead atoms. The van der Waals surface area contributed by atoms with E-state index < -0.39 is 5.60 Å². The van der Waals surface area contributed by atoms with E-state index in [1.807, 2.05) is 56.9 Å². The van der Waals surface area contributed by atoms with Gasteiger partial charge < -0.3 is 20.1 Å². The average Bonchev–Trinajstić information content (AvgIpc) is 3.52. The van der Waals surface area contributed by atoms with Gasteiger partial charge in [-0.15, -0.1) is 0 Å². The number of amides is 1. The summed E-state index contributed by atoms with van der Waals surface area (Å²) < 4.78 is 13.8. The number of fused-ring (bicyclic) bond motifs is 2. The Hall–Kier alpha value is -3.62. The van der Waals surface area contributed by atoms with E-state index in [0.29, 0.717) is 24.7 Å². The van der Waals surface area contributed by atoms with Crippen molar-refractivity contribution < 1.29 is 14.3 Å². The summed E-state index contributed by atoms with van der Waals surface area (Å²) in [5.41, 5.74) is 9.13. The van der Waals surface area contributed by atoms with Gasteiger partial charge in [0, 0.05) is 48.7 Å². The van der Waals surface area contributed by atoms with E-state index >= 15 is 0 Å². The molecule has 5 heterocycles. The number of aryl methyl sites for hydroxylation is 1. The number of nitrogen functional groups attached to an aromatic ring is 1. The van der Waals surface area contributed by atoms with Gasteiger partial charge in [0.15, 0.2) is 11.6 Å². The fraction of sp³-hybridized carbons (Fsp3) is 0.462. The molecule has 2 aliphatic heterocycles. The number of pyridine rings is 2. The van der Waals surface area contributed by atoms with Crippen LogP contribution in [0.15, 0.2) is 42.7 Å². The Labute approximate surface area is 205 Å². The molecular formula is C26H32N6O3. The summed E-state index contributed by atoms with van der Waals surface area (Å²) in [5, 5.41) is 4.85.